The number of anilines is 1. The maximum Gasteiger partial charge on any atom is 0.250 e. The number of nitrogens with one attached hydrogen (secondary N) is 1. The smallest absolute Gasteiger partial charge is 0.250 e. The van der Waals surface area contributed by atoms with Crippen LogP contribution in [0.4, 0.5) is 5.69 Å². The molecule has 0 aliphatic carbocycles. The van der Waals surface area contributed by atoms with Crippen LogP contribution in [0.15, 0.2) is 34.7 Å². The highest BCUT2D eigenvalue weighted by Gasteiger charge is 2.07. The molecular formula is C13H13ClN2O2. The van der Waals surface area contributed by atoms with Crippen LogP contribution in [-0.2, 0) is 6.54 Å². The van der Waals surface area contributed by atoms with Crippen molar-refractivity contribution in [1.82, 2.24) is 0 Å². The number of carbonyl (C=O) groups excluding carboxylic acids is 1. The van der Waals surface area contributed by atoms with E-state index in [-0.39, 0.29) is 0 Å². The molecule has 18 heavy (non-hydrogen) atoms. The van der Waals surface area contributed by atoms with E-state index >= 15 is 0 Å². The second kappa shape index (κ2) is 5.14. The van der Waals surface area contributed by atoms with Crippen molar-refractivity contribution in [3.8, 4) is 0 Å². The molecule has 5 heteroatoms. The molecule has 0 aliphatic heterocycles. The Bertz CT molecular complexity index is 578. The number of halogens is 1. The number of amides is 1. The van der Waals surface area contributed by atoms with Crippen molar-refractivity contribution in [3.63, 3.8) is 0 Å². The summed E-state index contributed by atoms with van der Waals surface area (Å²) >= 11 is 5.86. The first-order chi connectivity index (χ1) is 8.56. The lowest BCUT2D eigenvalue weighted by atomic mass is 10.2. The zero-order valence-electron chi connectivity index (χ0n) is 9.87. The van der Waals surface area contributed by atoms with Crippen molar-refractivity contribution in [1.29, 1.82) is 0 Å². The van der Waals surface area contributed by atoms with Gasteiger partial charge in [-0.2, -0.15) is 0 Å². The van der Waals surface area contributed by atoms with Crippen LogP contribution in [0.5, 0.6) is 0 Å². The highest BCUT2D eigenvalue weighted by atomic mass is 35.5. The van der Waals surface area contributed by atoms with Gasteiger partial charge in [0, 0.05) is 5.69 Å². The first-order valence-corrected chi connectivity index (χ1v) is 5.82. The van der Waals surface area contributed by atoms with E-state index in [4.69, 9.17) is 21.8 Å². The Labute approximate surface area is 110 Å². The Balaban J connectivity index is 2.10. The number of benzene rings is 1. The van der Waals surface area contributed by atoms with Crippen molar-refractivity contribution in [2.75, 3.05) is 5.32 Å². The fourth-order valence-electron chi connectivity index (χ4n) is 1.59. The Kier molecular flexibility index (Phi) is 3.58. The van der Waals surface area contributed by atoms with E-state index in [0.29, 0.717) is 17.1 Å². The van der Waals surface area contributed by atoms with E-state index < -0.39 is 5.91 Å². The topological polar surface area (TPSA) is 68.3 Å². The molecule has 4 nitrogen and oxygen atoms in total. The minimum atomic E-state index is -0.544. The molecule has 2 rings (SSSR count). The molecule has 1 aromatic carbocycles. The second-order valence-electron chi connectivity index (χ2n) is 3.92. The Hall–Kier alpha value is -1.94. The highest BCUT2D eigenvalue weighted by molar-refractivity contribution is 6.33. The van der Waals surface area contributed by atoms with Crippen LogP contribution in [0.1, 0.15) is 21.9 Å². The molecule has 0 spiro atoms. The van der Waals surface area contributed by atoms with Gasteiger partial charge in [0.05, 0.1) is 17.1 Å². The number of primary amides is 1. The summed E-state index contributed by atoms with van der Waals surface area (Å²) in [5.41, 5.74) is 6.29. The SMILES string of the molecule is Cc1ccc(CNc2ccc(Cl)c(C(N)=O)c2)o1. The molecule has 2 aromatic rings. The van der Waals surface area contributed by atoms with Gasteiger partial charge in [0.1, 0.15) is 11.5 Å². The maximum atomic E-state index is 11.1. The number of furan rings is 1. The summed E-state index contributed by atoms with van der Waals surface area (Å²) in [4.78, 5) is 11.1. The van der Waals surface area contributed by atoms with Crippen LogP contribution < -0.4 is 11.1 Å². The Morgan fingerprint density at radius 1 is 1.39 bits per heavy atom. The molecule has 0 bridgehead atoms. The lowest BCUT2D eigenvalue weighted by Gasteiger charge is -2.07. The zero-order chi connectivity index (χ0) is 13.1. The number of hydrogen-bond acceptors (Lipinski definition) is 3. The molecule has 0 saturated carbocycles. The third kappa shape index (κ3) is 2.84. The van der Waals surface area contributed by atoms with Gasteiger partial charge in [-0.15, -0.1) is 0 Å². The lowest BCUT2D eigenvalue weighted by Crippen LogP contribution is -2.12. The van der Waals surface area contributed by atoms with Crippen LogP contribution in [0.2, 0.25) is 5.02 Å². The van der Waals surface area contributed by atoms with Crippen LogP contribution in [-0.4, -0.2) is 5.91 Å². The Morgan fingerprint density at radius 2 is 2.17 bits per heavy atom. The molecule has 0 fully saturated rings. The zero-order valence-corrected chi connectivity index (χ0v) is 10.6. The Morgan fingerprint density at radius 3 is 2.78 bits per heavy atom. The van der Waals surface area contributed by atoms with Crippen LogP contribution in [0.3, 0.4) is 0 Å². The summed E-state index contributed by atoms with van der Waals surface area (Å²) in [5.74, 6) is 1.14. The minimum Gasteiger partial charge on any atom is -0.465 e. The van der Waals surface area contributed by atoms with Crippen molar-refractivity contribution >= 4 is 23.2 Å². The summed E-state index contributed by atoms with van der Waals surface area (Å²) < 4.78 is 5.43. The molecule has 0 radical (unpaired) electrons. The van der Waals surface area contributed by atoms with Gasteiger partial charge in [0.25, 0.3) is 0 Å². The van der Waals surface area contributed by atoms with Gasteiger partial charge in [0.15, 0.2) is 0 Å². The molecule has 0 unspecified atom stereocenters. The summed E-state index contributed by atoms with van der Waals surface area (Å²) in [7, 11) is 0. The van der Waals surface area contributed by atoms with Crippen molar-refractivity contribution in [3.05, 3.63) is 52.4 Å². The molecule has 3 N–H and O–H groups in total. The monoisotopic (exact) mass is 264 g/mol. The first-order valence-electron chi connectivity index (χ1n) is 5.45. The molecule has 94 valence electrons. The average Bonchev–Trinajstić information content (AvgIpc) is 2.74. The number of aryl methyl sites for hydroxylation is 1. The molecule has 1 amide bonds. The molecule has 0 aliphatic rings. The second-order valence-corrected chi connectivity index (χ2v) is 4.33. The molecular weight excluding hydrogens is 252 g/mol. The number of hydrogen-bond donors (Lipinski definition) is 2. The standard InChI is InChI=1S/C13H13ClN2O2/c1-8-2-4-10(18-8)7-16-9-3-5-12(14)11(6-9)13(15)17/h2-6,16H,7H2,1H3,(H2,15,17). The first kappa shape index (κ1) is 12.5. The number of rotatable bonds is 4. The van der Waals surface area contributed by atoms with Gasteiger partial charge >= 0.3 is 0 Å². The highest BCUT2D eigenvalue weighted by Crippen LogP contribution is 2.20. The molecule has 0 saturated heterocycles. The van der Waals surface area contributed by atoms with Gasteiger partial charge in [-0.3, -0.25) is 4.79 Å². The summed E-state index contributed by atoms with van der Waals surface area (Å²) in [6, 6.07) is 8.84. The fourth-order valence-corrected chi connectivity index (χ4v) is 1.80. The van der Waals surface area contributed by atoms with E-state index in [0.717, 1.165) is 17.2 Å². The van der Waals surface area contributed by atoms with E-state index in [1.165, 1.54) is 0 Å². The molecule has 1 heterocycles. The summed E-state index contributed by atoms with van der Waals surface area (Å²) in [6.07, 6.45) is 0. The van der Waals surface area contributed by atoms with E-state index in [1.807, 2.05) is 19.1 Å². The van der Waals surface area contributed by atoms with Crippen molar-refractivity contribution < 1.29 is 9.21 Å². The minimum absolute atomic E-state index is 0.303. The molecule has 0 atom stereocenters. The third-order valence-corrected chi connectivity index (χ3v) is 2.82. The summed E-state index contributed by atoms with van der Waals surface area (Å²) in [5, 5.41) is 3.49. The van der Waals surface area contributed by atoms with E-state index in [1.54, 1.807) is 18.2 Å². The van der Waals surface area contributed by atoms with E-state index in [9.17, 15) is 4.79 Å². The van der Waals surface area contributed by atoms with Gasteiger partial charge in [-0.05, 0) is 37.3 Å². The largest absolute Gasteiger partial charge is 0.465 e. The maximum absolute atomic E-state index is 11.1. The van der Waals surface area contributed by atoms with Crippen molar-refractivity contribution in [2.24, 2.45) is 5.73 Å². The van der Waals surface area contributed by atoms with Crippen molar-refractivity contribution in [2.45, 2.75) is 13.5 Å². The number of carbonyl (C=O) groups is 1. The average molecular weight is 265 g/mol. The molecule has 1 aromatic heterocycles. The van der Waals surface area contributed by atoms with Crippen LogP contribution >= 0.6 is 11.6 Å². The van der Waals surface area contributed by atoms with Gasteiger partial charge in [0.2, 0.25) is 5.91 Å². The predicted octanol–water partition coefficient (Wildman–Crippen LogP) is 2.95. The fraction of sp³-hybridized carbons (Fsp3) is 0.154. The lowest BCUT2D eigenvalue weighted by molar-refractivity contribution is 0.100. The third-order valence-electron chi connectivity index (χ3n) is 2.49. The predicted molar refractivity (Wildman–Crippen MR) is 70.7 cm³/mol. The normalized spacial score (nSPS) is 10.3. The summed E-state index contributed by atoms with van der Waals surface area (Å²) in [6.45, 7) is 2.42. The van der Waals surface area contributed by atoms with Crippen LogP contribution in [0, 0.1) is 6.92 Å². The van der Waals surface area contributed by atoms with Gasteiger partial charge in [-0.1, -0.05) is 11.6 Å². The quantitative estimate of drug-likeness (QED) is 0.892. The van der Waals surface area contributed by atoms with Gasteiger partial charge < -0.3 is 15.5 Å². The van der Waals surface area contributed by atoms with Gasteiger partial charge in [-0.25, -0.2) is 0 Å². The number of nitrogens with two attached hydrogens (primary N) is 1. The van der Waals surface area contributed by atoms with E-state index in [2.05, 4.69) is 5.32 Å². The van der Waals surface area contributed by atoms with Crippen LogP contribution in [0.25, 0.3) is 0 Å².